The Balaban J connectivity index is 2.17. The molecule has 1 saturated heterocycles. The van der Waals surface area contributed by atoms with Crippen molar-refractivity contribution in [3.8, 4) is 5.75 Å². The maximum absolute atomic E-state index is 12.9. The van der Waals surface area contributed by atoms with Crippen LogP contribution >= 0.6 is 0 Å². The standard InChI is InChI=1S/C21H28N4O8/c1-11(21(32)33)23-19(30)15(9-12-4-6-13(26)7-5-12)24-20(31)16(10-17(27)28)25-18(29)14-3-2-8-22-14/h4-7,11,14-16,22,26H,2-3,8-10H2,1H3,(H,23,30)(H,24,31)(H,25,29)(H,27,28)(H,32,33). The van der Waals surface area contributed by atoms with Gasteiger partial charge in [-0.3, -0.25) is 24.0 Å². The van der Waals surface area contributed by atoms with Gasteiger partial charge in [-0.2, -0.15) is 0 Å². The summed E-state index contributed by atoms with van der Waals surface area (Å²) in [5.74, 6) is -4.83. The lowest BCUT2D eigenvalue weighted by Crippen LogP contribution is -2.57. The highest BCUT2D eigenvalue weighted by atomic mass is 16.4. The van der Waals surface area contributed by atoms with Crippen LogP contribution in [0.15, 0.2) is 24.3 Å². The molecule has 4 atom stereocenters. The molecule has 4 unspecified atom stereocenters. The second-order valence-corrected chi connectivity index (χ2v) is 7.81. The first-order chi connectivity index (χ1) is 15.6. The van der Waals surface area contributed by atoms with Gasteiger partial charge in [0.15, 0.2) is 0 Å². The number of hydrogen-bond donors (Lipinski definition) is 7. The molecule has 7 N–H and O–H groups in total. The molecule has 1 aliphatic heterocycles. The number of carbonyl (C=O) groups is 5. The molecular weight excluding hydrogens is 436 g/mol. The normalized spacial score (nSPS) is 17.9. The highest BCUT2D eigenvalue weighted by Crippen LogP contribution is 2.12. The van der Waals surface area contributed by atoms with E-state index >= 15 is 0 Å². The number of aliphatic carboxylic acids is 2. The third-order valence-corrected chi connectivity index (χ3v) is 5.13. The Morgan fingerprint density at radius 2 is 1.64 bits per heavy atom. The van der Waals surface area contributed by atoms with Crippen LogP contribution in [0, 0.1) is 0 Å². The molecule has 12 nitrogen and oxygen atoms in total. The maximum Gasteiger partial charge on any atom is 0.325 e. The predicted molar refractivity (Wildman–Crippen MR) is 114 cm³/mol. The molecule has 0 aliphatic carbocycles. The molecule has 1 aromatic carbocycles. The van der Waals surface area contributed by atoms with E-state index in [4.69, 9.17) is 5.11 Å². The Kier molecular flexibility index (Phi) is 9.16. The molecule has 33 heavy (non-hydrogen) atoms. The number of amides is 3. The van der Waals surface area contributed by atoms with Gasteiger partial charge in [-0.15, -0.1) is 0 Å². The van der Waals surface area contributed by atoms with Crippen molar-refractivity contribution in [1.82, 2.24) is 21.3 Å². The van der Waals surface area contributed by atoms with Crippen LogP contribution in [0.2, 0.25) is 0 Å². The van der Waals surface area contributed by atoms with Crippen LogP contribution in [0.1, 0.15) is 31.7 Å². The molecule has 0 saturated carbocycles. The van der Waals surface area contributed by atoms with Gasteiger partial charge in [0.05, 0.1) is 12.5 Å². The Morgan fingerprint density at radius 3 is 2.18 bits per heavy atom. The lowest BCUT2D eigenvalue weighted by Gasteiger charge is -2.24. The van der Waals surface area contributed by atoms with Crippen molar-refractivity contribution in [2.45, 2.75) is 56.8 Å². The highest BCUT2D eigenvalue weighted by molar-refractivity contribution is 5.95. The zero-order valence-electron chi connectivity index (χ0n) is 18.0. The van der Waals surface area contributed by atoms with Crippen molar-refractivity contribution >= 4 is 29.7 Å². The molecule has 0 bridgehead atoms. The maximum atomic E-state index is 12.9. The number of nitrogens with one attached hydrogen (secondary N) is 4. The minimum atomic E-state index is -1.44. The summed E-state index contributed by atoms with van der Waals surface area (Å²) >= 11 is 0. The van der Waals surface area contributed by atoms with E-state index < -0.39 is 60.2 Å². The molecule has 1 heterocycles. The number of phenolic OH excluding ortho intramolecular Hbond substituents is 1. The zero-order chi connectivity index (χ0) is 24.5. The van der Waals surface area contributed by atoms with Crippen molar-refractivity contribution in [2.75, 3.05) is 6.54 Å². The summed E-state index contributed by atoms with van der Waals surface area (Å²) in [4.78, 5) is 60.3. The average molecular weight is 464 g/mol. The van der Waals surface area contributed by atoms with E-state index in [0.29, 0.717) is 18.5 Å². The van der Waals surface area contributed by atoms with E-state index in [9.17, 15) is 34.2 Å². The number of rotatable bonds is 11. The number of phenols is 1. The van der Waals surface area contributed by atoms with Gasteiger partial charge in [0.2, 0.25) is 17.7 Å². The number of carbonyl (C=O) groups excluding carboxylic acids is 3. The number of benzene rings is 1. The van der Waals surface area contributed by atoms with E-state index in [-0.39, 0.29) is 12.2 Å². The largest absolute Gasteiger partial charge is 0.508 e. The molecule has 1 fully saturated rings. The van der Waals surface area contributed by atoms with E-state index in [1.54, 1.807) is 0 Å². The van der Waals surface area contributed by atoms with Gasteiger partial charge >= 0.3 is 11.9 Å². The zero-order valence-corrected chi connectivity index (χ0v) is 18.0. The van der Waals surface area contributed by atoms with Gasteiger partial charge in [-0.05, 0) is 44.0 Å². The number of carboxylic acids is 2. The van der Waals surface area contributed by atoms with Crippen LogP contribution in [0.25, 0.3) is 0 Å². The third kappa shape index (κ3) is 8.07. The molecule has 1 aromatic rings. The van der Waals surface area contributed by atoms with Crippen molar-refractivity contribution in [3.63, 3.8) is 0 Å². The first-order valence-corrected chi connectivity index (χ1v) is 10.4. The minimum Gasteiger partial charge on any atom is -0.508 e. The molecule has 0 radical (unpaired) electrons. The van der Waals surface area contributed by atoms with Gasteiger partial charge in [0.25, 0.3) is 0 Å². The van der Waals surface area contributed by atoms with Gasteiger partial charge in [0.1, 0.15) is 23.9 Å². The van der Waals surface area contributed by atoms with Crippen molar-refractivity contribution in [1.29, 1.82) is 0 Å². The fraction of sp³-hybridized carbons (Fsp3) is 0.476. The van der Waals surface area contributed by atoms with Crippen LogP contribution in [-0.2, 0) is 30.4 Å². The van der Waals surface area contributed by atoms with E-state index in [1.807, 2.05) is 0 Å². The molecule has 180 valence electrons. The van der Waals surface area contributed by atoms with Crippen molar-refractivity contribution in [2.24, 2.45) is 0 Å². The summed E-state index contributed by atoms with van der Waals surface area (Å²) in [6.07, 6.45) is 0.544. The summed E-state index contributed by atoms with van der Waals surface area (Å²) in [6, 6.07) is 1.32. The number of hydrogen-bond acceptors (Lipinski definition) is 7. The van der Waals surface area contributed by atoms with Crippen LogP contribution in [-0.4, -0.2) is 75.7 Å². The molecule has 0 spiro atoms. The molecule has 12 heteroatoms. The molecular formula is C21H28N4O8. The van der Waals surface area contributed by atoms with Gasteiger partial charge < -0.3 is 36.6 Å². The Morgan fingerprint density at radius 1 is 1.00 bits per heavy atom. The van der Waals surface area contributed by atoms with Crippen LogP contribution in [0.5, 0.6) is 5.75 Å². The second-order valence-electron chi connectivity index (χ2n) is 7.81. The van der Waals surface area contributed by atoms with Crippen molar-refractivity contribution in [3.05, 3.63) is 29.8 Å². The van der Waals surface area contributed by atoms with Crippen LogP contribution < -0.4 is 21.3 Å². The molecule has 3 amide bonds. The average Bonchev–Trinajstić information content (AvgIpc) is 3.28. The van der Waals surface area contributed by atoms with Crippen molar-refractivity contribution < 1.29 is 39.3 Å². The first-order valence-electron chi connectivity index (χ1n) is 10.4. The van der Waals surface area contributed by atoms with Crippen LogP contribution in [0.4, 0.5) is 0 Å². The Hall–Kier alpha value is -3.67. The Labute approximate surface area is 189 Å². The Bertz CT molecular complexity index is 883. The predicted octanol–water partition coefficient (Wildman–Crippen LogP) is -1.28. The van der Waals surface area contributed by atoms with Gasteiger partial charge in [-0.1, -0.05) is 12.1 Å². The monoisotopic (exact) mass is 464 g/mol. The molecule has 0 aromatic heterocycles. The highest BCUT2D eigenvalue weighted by Gasteiger charge is 2.32. The lowest BCUT2D eigenvalue weighted by molar-refractivity contribution is -0.143. The molecule has 1 aliphatic rings. The molecule has 2 rings (SSSR count). The third-order valence-electron chi connectivity index (χ3n) is 5.13. The fourth-order valence-electron chi connectivity index (χ4n) is 3.29. The van der Waals surface area contributed by atoms with Gasteiger partial charge in [0, 0.05) is 6.42 Å². The minimum absolute atomic E-state index is 0.00644. The van der Waals surface area contributed by atoms with E-state index in [0.717, 1.165) is 6.42 Å². The van der Waals surface area contributed by atoms with Gasteiger partial charge in [-0.25, -0.2) is 0 Å². The smallest absolute Gasteiger partial charge is 0.325 e. The summed E-state index contributed by atoms with van der Waals surface area (Å²) in [6.45, 7) is 1.88. The number of aromatic hydroxyl groups is 1. The summed E-state index contributed by atoms with van der Waals surface area (Å²) in [5, 5.41) is 37.7. The first kappa shape index (κ1) is 25.6. The number of carboxylic acid groups (broad SMARTS) is 2. The summed E-state index contributed by atoms with van der Waals surface area (Å²) in [7, 11) is 0. The summed E-state index contributed by atoms with van der Waals surface area (Å²) < 4.78 is 0. The van der Waals surface area contributed by atoms with E-state index in [2.05, 4.69) is 21.3 Å². The van der Waals surface area contributed by atoms with E-state index in [1.165, 1.54) is 31.2 Å². The van der Waals surface area contributed by atoms with Crippen LogP contribution in [0.3, 0.4) is 0 Å². The topological polar surface area (TPSA) is 194 Å². The lowest BCUT2D eigenvalue weighted by atomic mass is 10.0. The fourth-order valence-corrected chi connectivity index (χ4v) is 3.29. The summed E-state index contributed by atoms with van der Waals surface area (Å²) in [5.41, 5.74) is 0.546. The SMILES string of the molecule is CC(NC(=O)C(Cc1ccc(O)cc1)NC(=O)C(CC(=O)O)NC(=O)C1CCCN1)C(=O)O. The quantitative estimate of drug-likeness (QED) is 0.209. The second kappa shape index (κ2) is 11.8.